The molecule has 3 nitrogen and oxygen atoms in total. The lowest BCUT2D eigenvalue weighted by atomic mass is 9.87. The molecule has 0 aliphatic carbocycles. The Morgan fingerprint density at radius 3 is 1.79 bits per heavy atom. The number of fused-ring (bicyclic) bond motifs is 11. The van der Waals surface area contributed by atoms with E-state index in [0.29, 0.717) is 5.95 Å². The highest BCUT2D eigenvalue weighted by atomic mass is 32.1. The highest BCUT2D eigenvalue weighted by molar-refractivity contribution is 7.26. The Bertz CT molecular complexity index is 3760. The molecule has 0 aliphatic rings. The zero-order valence-electron chi connectivity index (χ0n) is 30.0. The quantitative estimate of drug-likeness (QED) is 0.134. The average Bonchev–Trinajstić information content (AvgIpc) is 3.81. The van der Waals surface area contributed by atoms with Crippen LogP contribution in [0.1, 0.15) is 0 Å². The van der Waals surface area contributed by atoms with E-state index < -0.39 is 0 Å². The molecular formula is C52H29N3S. The number of hydrogen-bond donors (Lipinski definition) is 0. The molecule has 4 heteroatoms. The maximum absolute atomic E-state index is 5.51. The van der Waals surface area contributed by atoms with Gasteiger partial charge in [-0.3, -0.25) is 4.57 Å². The first-order valence-corrected chi connectivity index (χ1v) is 19.9. The van der Waals surface area contributed by atoms with Gasteiger partial charge >= 0.3 is 0 Å². The summed E-state index contributed by atoms with van der Waals surface area (Å²) < 4.78 is 4.95. The summed E-state index contributed by atoms with van der Waals surface area (Å²) in [7, 11) is 0. The summed E-state index contributed by atoms with van der Waals surface area (Å²) >= 11 is 1.89. The minimum absolute atomic E-state index is 0.666. The Balaban J connectivity index is 1.18. The van der Waals surface area contributed by atoms with Gasteiger partial charge in [-0.05, 0) is 90.6 Å². The highest BCUT2D eigenvalue weighted by Crippen LogP contribution is 2.49. The van der Waals surface area contributed by atoms with Gasteiger partial charge in [0.15, 0.2) is 0 Å². The third-order valence-electron chi connectivity index (χ3n) is 11.9. The highest BCUT2D eigenvalue weighted by Gasteiger charge is 2.23. The number of aromatic nitrogens is 3. The zero-order chi connectivity index (χ0) is 36.5. The van der Waals surface area contributed by atoms with Gasteiger partial charge in [-0.15, -0.1) is 11.3 Å². The van der Waals surface area contributed by atoms with E-state index in [1.807, 2.05) is 11.3 Å². The van der Waals surface area contributed by atoms with Crippen LogP contribution >= 0.6 is 11.3 Å². The summed E-state index contributed by atoms with van der Waals surface area (Å²) in [4.78, 5) is 10.9. The molecule has 0 unspecified atom stereocenters. The van der Waals surface area contributed by atoms with Crippen LogP contribution < -0.4 is 0 Å². The number of thiophene rings is 1. The molecule has 13 aromatic rings. The molecule has 0 amide bonds. The van der Waals surface area contributed by atoms with Gasteiger partial charge in [0.1, 0.15) is 0 Å². The van der Waals surface area contributed by atoms with Gasteiger partial charge in [0, 0.05) is 41.9 Å². The predicted octanol–water partition coefficient (Wildman–Crippen LogP) is 14.5. The molecule has 0 atom stereocenters. The van der Waals surface area contributed by atoms with Gasteiger partial charge in [-0.25, -0.2) is 9.97 Å². The maximum Gasteiger partial charge on any atom is 0.235 e. The van der Waals surface area contributed by atoms with Crippen LogP contribution in [-0.4, -0.2) is 14.5 Å². The number of nitrogens with zero attached hydrogens (tertiary/aromatic N) is 3. The fourth-order valence-electron chi connectivity index (χ4n) is 9.59. The summed E-state index contributed by atoms with van der Waals surface area (Å²) in [6, 6.07) is 63.9. The van der Waals surface area contributed by atoms with E-state index >= 15 is 0 Å². The van der Waals surface area contributed by atoms with E-state index in [9.17, 15) is 0 Å². The molecule has 0 bridgehead atoms. The molecule has 3 aromatic heterocycles. The van der Waals surface area contributed by atoms with Crippen molar-refractivity contribution in [2.45, 2.75) is 0 Å². The molecule has 0 saturated carbocycles. The SMILES string of the molecule is c1ccc(-c2cccc(-c3nc(-n4c5ccccc5c5c6cccc7c8cccc9c%10c(cc(c(cc54)c76)c89)sc4ccccc4%10)nc4ccccc34)c2)cc1. The van der Waals surface area contributed by atoms with Crippen molar-refractivity contribution in [1.29, 1.82) is 0 Å². The van der Waals surface area contributed by atoms with Crippen molar-refractivity contribution in [3.63, 3.8) is 0 Å². The summed E-state index contributed by atoms with van der Waals surface area (Å²) in [5.41, 5.74) is 7.44. The molecule has 258 valence electrons. The lowest BCUT2D eigenvalue weighted by Gasteiger charge is -2.17. The number of benzene rings is 10. The van der Waals surface area contributed by atoms with Gasteiger partial charge in [0.25, 0.3) is 0 Å². The van der Waals surface area contributed by atoms with E-state index in [1.54, 1.807) is 0 Å². The number of rotatable bonds is 3. The summed E-state index contributed by atoms with van der Waals surface area (Å²) in [6.07, 6.45) is 0. The molecule has 0 spiro atoms. The van der Waals surface area contributed by atoms with Gasteiger partial charge in [0.05, 0.1) is 22.2 Å². The first-order valence-electron chi connectivity index (χ1n) is 19.1. The van der Waals surface area contributed by atoms with Crippen LogP contribution in [0.2, 0.25) is 0 Å². The van der Waals surface area contributed by atoms with E-state index in [4.69, 9.17) is 9.97 Å². The Kier molecular flexibility index (Phi) is 6.04. The molecule has 0 fully saturated rings. The second-order valence-electron chi connectivity index (χ2n) is 14.9. The molecule has 0 aliphatic heterocycles. The molecule has 3 heterocycles. The van der Waals surface area contributed by atoms with Crippen molar-refractivity contribution >= 4 is 107 Å². The lowest BCUT2D eigenvalue weighted by Crippen LogP contribution is -2.03. The van der Waals surface area contributed by atoms with Crippen molar-refractivity contribution in [2.75, 3.05) is 0 Å². The van der Waals surface area contributed by atoms with Crippen molar-refractivity contribution in [1.82, 2.24) is 14.5 Å². The van der Waals surface area contributed by atoms with E-state index in [1.165, 1.54) is 79.6 Å². The van der Waals surface area contributed by atoms with Crippen LogP contribution in [0.15, 0.2) is 176 Å². The minimum Gasteiger partial charge on any atom is -0.278 e. The first-order chi connectivity index (χ1) is 27.8. The summed E-state index contributed by atoms with van der Waals surface area (Å²) in [5, 5.41) is 16.5. The largest absolute Gasteiger partial charge is 0.278 e. The van der Waals surface area contributed by atoms with Gasteiger partial charge in [0.2, 0.25) is 5.95 Å². The Labute approximate surface area is 324 Å². The third-order valence-corrected chi connectivity index (χ3v) is 13.0. The second-order valence-corrected chi connectivity index (χ2v) is 15.9. The van der Waals surface area contributed by atoms with Crippen LogP contribution in [-0.2, 0) is 0 Å². The predicted molar refractivity (Wildman–Crippen MR) is 239 cm³/mol. The molecular weight excluding hydrogens is 699 g/mol. The first kappa shape index (κ1) is 30.2. The van der Waals surface area contributed by atoms with Crippen molar-refractivity contribution in [3.8, 4) is 28.3 Å². The fraction of sp³-hybridized carbons (Fsp3) is 0. The second kappa shape index (κ2) is 11.2. The van der Waals surface area contributed by atoms with Crippen LogP contribution in [0, 0.1) is 0 Å². The average molecular weight is 728 g/mol. The van der Waals surface area contributed by atoms with Crippen LogP contribution in [0.4, 0.5) is 0 Å². The normalized spacial score (nSPS) is 12.3. The Morgan fingerprint density at radius 1 is 0.339 bits per heavy atom. The molecule has 56 heavy (non-hydrogen) atoms. The lowest BCUT2D eigenvalue weighted by molar-refractivity contribution is 1.01. The minimum atomic E-state index is 0.666. The van der Waals surface area contributed by atoms with Crippen LogP contribution in [0.3, 0.4) is 0 Å². The fourth-order valence-corrected chi connectivity index (χ4v) is 10.7. The Hall–Kier alpha value is -7.14. The third kappa shape index (κ3) is 4.06. The van der Waals surface area contributed by atoms with E-state index in [2.05, 4.69) is 180 Å². The van der Waals surface area contributed by atoms with E-state index in [-0.39, 0.29) is 0 Å². The topological polar surface area (TPSA) is 30.7 Å². The molecule has 0 saturated heterocycles. The molecule has 0 radical (unpaired) electrons. The summed E-state index contributed by atoms with van der Waals surface area (Å²) in [6.45, 7) is 0. The van der Waals surface area contributed by atoms with Gasteiger partial charge in [-0.1, -0.05) is 140 Å². The van der Waals surface area contributed by atoms with Crippen molar-refractivity contribution in [3.05, 3.63) is 176 Å². The van der Waals surface area contributed by atoms with Crippen LogP contribution in [0.5, 0.6) is 0 Å². The summed E-state index contributed by atoms with van der Waals surface area (Å²) in [5.74, 6) is 0.666. The Morgan fingerprint density at radius 2 is 0.946 bits per heavy atom. The van der Waals surface area contributed by atoms with Crippen molar-refractivity contribution in [2.24, 2.45) is 0 Å². The van der Waals surface area contributed by atoms with E-state index in [0.717, 1.165) is 38.8 Å². The number of hydrogen-bond acceptors (Lipinski definition) is 3. The van der Waals surface area contributed by atoms with Gasteiger partial charge in [-0.2, -0.15) is 0 Å². The number of para-hydroxylation sites is 2. The van der Waals surface area contributed by atoms with Crippen LogP contribution in [0.25, 0.3) is 124 Å². The molecule has 13 rings (SSSR count). The van der Waals surface area contributed by atoms with Gasteiger partial charge < -0.3 is 0 Å². The molecule has 10 aromatic carbocycles. The monoisotopic (exact) mass is 727 g/mol. The standard InChI is InChI=1S/C52H29N3S/c1-2-13-30(14-3-1)31-15-10-16-32(27-31)51-35-17-4-7-24-42(35)53-52(54-51)55-43-25-8-5-18-36(43)49-38-22-11-20-33-34-21-12-23-39-48(34)41(40(47(33)38)28-44(49)55)29-46-50(39)37-19-6-9-26-45(37)56-46/h1-29H. The smallest absolute Gasteiger partial charge is 0.235 e. The molecule has 0 N–H and O–H groups in total. The zero-order valence-corrected chi connectivity index (χ0v) is 30.8. The maximum atomic E-state index is 5.51. The van der Waals surface area contributed by atoms with Crippen molar-refractivity contribution < 1.29 is 0 Å².